The molecule has 16 heavy (non-hydrogen) atoms. The van der Waals surface area contributed by atoms with E-state index in [0.717, 1.165) is 23.0 Å². The molecule has 0 aromatic heterocycles. The van der Waals surface area contributed by atoms with Gasteiger partial charge in [-0.05, 0) is 24.5 Å². The summed E-state index contributed by atoms with van der Waals surface area (Å²) in [4.78, 5) is 0. The van der Waals surface area contributed by atoms with E-state index in [1.807, 2.05) is 0 Å². The number of aryl methyl sites for hydroxylation is 1. The summed E-state index contributed by atoms with van der Waals surface area (Å²) in [6.45, 7) is 0. The Morgan fingerprint density at radius 3 is 2.44 bits per heavy atom. The van der Waals surface area contributed by atoms with E-state index in [-0.39, 0.29) is 24.0 Å². The number of quaternary nitrogens is 1. The van der Waals surface area contributed by atoms with Gasteiger partial charge >= 0.3 is 0 Å². The molecule has 0 saturated heterocycles. The second-order valence-corrected chi connectivity index (χ2v) is 4.93. The fourth-order valence-electron chi connectivity index (χ4n) is 1.99. The lowest BCUT2D eigenvalue weighted by atomic mass is 10.1. The Bertz CT molecular complexity index is 419. The zero-order chi connectivity index (χ0) is 11.1. The van der Waals surface area contributed by atoms with Gasteiger partial charge < -0.3 is 29.8 Å². The van der Waals surface area contributed by atoms with Crippen molar-refractivity contribution in [3.05, 3.63) is 29.3 Å². The van der Waals surface area contributed by atoms with E-state index in [9.17, 15) is 0 Å². The van der Waals surface area contributed by atoms with Crippen molar-refractivity contribution in [2.75, 3.05) is 21.1 Å². The van der Waals surface area contributed by atoms with Crippen LogP contribution < -0.4 is 34.3 Å². The first kappa shape index (κ1) is 13.4. The number of hydrazone groups is 1. The van der Waals surface area contributed by atoms with Gasteiger partial charge in [0.25, 0.3) is 0 Å². The van der Waals surface area contributed by atoms with Crippen molar-refractivity contribution in [2.24, 2.45) is 10.9 Å². The Kier molecular flexibility index (Phi) is 3.96. The van der Waals surface area contributed by atoms with Crippen molar-refractivity contribution in [3.8, 4) is 0 Å². The maximum atomic E-state index is 5.39. The number of fused-ring (bicyclic) bond motifs is 1. The van der Waals surface area contributed by atoms with Gasteiger partial charge in [0.05, 0.1) is 26.9 Å². The maximum Gasteiger partial charge on any atom is 0.132 e. The fourth-order valence-corrected chi connectivity index (χ4v) is 1.99. The second-order valence-electron chi connectivity index (χ2n) is 4.93. The van der Waals surface area contributed by atoms with Crippen LogP contribution in [0.3, 0.4) is 0 Å². The summed E-state index contributed by atoms with van der Waals surface area (Å²) in [6, 6.07) is 6.61. The molecule has 4 heteroatoms. The molecule has 1 aliphatic carbocycles. The molecule has 0 radical (unpaired) electrons. The predicted octanol–water partition coefficient (Wildman–Crippen LogP) is -1.50. The van der Waals surface area contributed by atoms with E-state index < -0.39 is 0 Å². The topological polar surface area (TPSA) is 38.4 Å². The van der Waals surface area contributed by atoms with Crippen LogP contribution >= 0.6 is 0 Å². The van der Waals surface area contributed by atoms with Crippen molar-refractivity contribution in [1.82, 2.24) is 4.48 Å². The van der Waals surface area contributed by atoms with Crippen molar-refractivity contribution in [1.29, 1.82) is 0 Å². The van der Waals surface area contributed by atoms with Crippen LogP contribution in [0.1, 0.15) is 17.5 Å². The van der Waals surface area contributed by atoms with Gasteiger partial charge in [0.1, 0.15) is 5.69 Å². The highest BCUT2D eigenvalue weighted by Crippen LogP contribution is 2.28. The SMILES string of the molecule is C[N+](C)(C)c1ccc2c(c1)/C(=N/N)CC2.[I-]. The molecule has 1 aliphatic rings. The third-order valence-corrected chi connectivity index (χ3v) is 2.97. The average Bonchev–Trinajstić information content (AvgIpc) is 2.57. The Balaban J connectivity index is 0.00000128. The zero-order valence-corrected chi connectivity index (χ0v) is 12.2. The molecule has 2 rings (SSSR count). The lowest BCUT2D eigenvalue weighted by Crippen LogP contribution is -3.00. The quantitative estimate of drug-likeness (QED) is 0.289. The van der Waals surface area contributed by atoms with E-state index in [1.165, 1.54) is 16.8 Å². The van der Waals surface area contributed by atoms with Crippen LogP contribution in [0.15, 0.2) is 23.3 Å². The lowest BCUT2D eigenvalue weighted by Gasteiger charge is -2.23. The Morgan fingerprint density at radius 2 is 1.88 bits per heavy atom. The second kappa shape index (κ2) is 4.71. The number of hydrogen-bond acceptors (Lipinski definition) is 2. The molecule has 0 saturated carbocycles. The summed E-state index contributed by atoms with van der Waals surface area (Å²) < 4.78 is 0.825. The van der Waals surface area contributed by atoms with E-state index in [2.05, 4.69) is 44.4 Å². The van der Waals surface area contributed by atoms with Crippen molar-refractivity contribution >= 4 is 11.4 Å². The molecule has 0 fully saturated rings. The summed E-state index contributed by atoms with van der Waals surface area (Å²) in [6.07, 6.45) is 2.05. The van der Waals surface area contributed by atoms with Crippen LogP contribution in [0.5, 0.6) is 0 Å². The maximum absolute atomic E-state index is 5.39. The first-order chi connectivity index (χ1) is 7.02. The normalized spacial score (nSPS) is 17.1. The molecular formula is C12H18IN3. The highest BCUT2D eigenvalue weighted by Gasteiger charge is 2.21. The molecule has 0 aliphatic heterocycles. The molecule has 0 amide bonds. The molecule has 0 heterocycles. The average molecular weight is 331 g/mol. The van der Waals surface area contributed by atoms with Crippen molar-refractivity contribution in [2.45, 2.75) is 12.8 Å². The third-order valence-electron chi connectivity index (χ3n) is 2.97. The van der Waals surface area contributed by atoms with Gasteiger partial charge in [0, 0.05) is 11.6 Å². The predicted molar refractivity (Wildman–Crippen MR) is 65.1 cm³/mol. The van der Waals surface area contributed by atoms with Gasteiger partial charge in [-0.15, -0.1) is 0 Å². The summed E-state index contributed by atoms with van der Waals surface area (Å²) in [7, 11) is 6.49. The smallest absolute Gasteiger partial charge is 0.132 e. The first-order valence-corrected chi connectivity index (χ1v) is 5.24. The number of nitrogens with zero attached hydrogens (tertiary/aromatic N) is 2. The minimum absolute atomic E-state index is 0. The van der Waals surface area contributed by atoms with E-state index >= 15 is 0 Å². The number of nitrogens with two attached hydrogens (primary N) is 1. The van der Waals surface area contributed by atoms with E-state index in [4.69, 9.17) is 5.84 Å². The number of halogens is 1. The molecule has 0 spiro atoms. The Labute approximate surface area is 114 Å². The van der Waals surface area contributed by atoms with Gasteiger partial charge in [-0.2, -0.15) is 5.10 Å². The summed E-state index contributed by atoms with van der Waals surface area (Å²) in [5, 5.41) is 3.86. The van der Waals surface area contributed by atoms with Crippen LogP contribution in [-0.4, -0.2) is 26.9 Å². The minimum atomic E-state index is 0. The van der Waals surface area contributed by atoms with Crippen molar-refractivity contribution in [3.63, 3.8) is 0 Å². The molecule has 1 aromatic carbocycles. The third kappa shape index (κ3) is 2.38. The molecule has 0 atom stereocenters. The molecule has 0 unspecified atom stereocenters. The van der Waals surface area contributed by atoms with Gasteiger partial charge in [-0.25, -0.2) is 0 Å². The van der Waals surface area contributed by atoms with Crippen LogP contribution in [-0.2, 0) is 6.42 Å². The van der Waals surface area contributed by atoms with Crippen LogP contribution in [0.4, 0.5) is 5.69 Å². The Hall–Kier alpha value is -0.620. The molecular weight excluding hydrogens is 313 g/mol. The molecule has 1 aromatic rings. The highest BCUT2D eigenvalue weighted by atomic mass is 127. The first-order valence-electron chi connectivity index (χ1n) is 5.24. The van der Waals surface area contributed by atoms with Gasteiger partial charge in [-0.3, -0.25) is 4.48 Å². The number of rotatable bonds is 1. The summed E-state index contributed by atoms with van der Waals surface area (Å²) >= 11 is 0. The lowest BCUT2D eigenvalue weighted by molar-refractivity contribution is -0.00000344. The van der Waals surface area contributed by atoms with Crippen LogP contribution in [0, 0.1) is 0 Å². The van der Waals surface area contributed by atoms with Crippen LogP contribution in [0.25, 0.3) is 0 Å². The zero-order valence-electron chi connectivity index (χ0n) is 10.00. The molecule has 0 bridgehead atoms. The van der Waals surface area contributed by atoms with Gasteiger partial charge in [-0.1, -0.05) is 6.07 Å². The van der Waals surface area contributed by atoms with Gasteiger partial charge in [0.2, 0.25) is 0 Å². The largest absolute Gasteiger partial charge is 1.00 e. The molecule has 2 N–H and O–H groups in total. The highest BCUT2D eigenvalue weighted by molar-refractivity contribution is 6.04. The monoisotopic (exact) mass is 331 g/mol. The standard InChI is InChI=1S/C12H18N3.HI/c1-15(2,3)10-6-4-9-5-7-12(14-13)11(9)8-10;/h4,6,8H,5,7,13H2,1-3H3;1H/q+1;/p-1/b14-12+;. The summed E-state index contributed by atoms with van der Waals surface area (Å²) in [5.74, 6) is 5.39. The number of hydrogen-bond donors (Lipinski definition) is 1. The van der Waals surface area contributed by atoms with E-state index in [0.29, 0.717) is 0 Å². The number of benzene rings is 1. The molecule has 3 nitrogen and oxygen atoms in total. The van der Waals surface area contributed by atoms with Gasteiger partial charge in [0.15, 0.2) is 0 Å². The minimum Gasteiger partial charge on any atom is -1.00 e. The molecule has 88 valence electrons. The Morgan fingerprint density at radius 1 is 1.19 bits per heavy atom. The fraction of sp³-hybridized carbons (Fsp3) is 0.417. The van der Waals surface area contributed by atoms with Crippen molar-refractivity contribution < 1.29 is 24.0 Å². The summed E-state index contributed by atoms with van der Waals surface area (Å²) in [5.41, 5.74) is 4.94. The van der Waals surface area contributed by atoms with Crippen LogP contribution in [0.2, 0.25) is 0 Å². The van der Waals surface area contributed by atoms with E-state index in [1.54, 1.807) is 0 Å².